The third kappa shape index (κ3) is 1.77. The molecule has 78 valence electrons. The van der Waals surface area contributed by atoms with Gasteiger partial charge in [-0.3, -0.25) is 0 Å². The molecule has 1 aromatic rings. The van der Waals surface area contributed by atoms with Crippen LogP contribution < -0.4 is 0 Å². The number of nitrogens with zero attached hydrogens (tertiary/aromatic N) is 1. The normalized spacial score (nSPS) is 19.4. The number of aryl methyl sites for hydroxylation is 1. The minimum atomic E-state index is 0.775. The van der Waals surface area contributed by atoms with Crippen LogP contribution in [0, 0.1) is 17.2 Å². The highest BCUT2D eigenvalue weighted by Crippen LogP contribution is 2.29. The summed E-state index contributed by atoms with van der Waals surface area (Å²) in [6.45, 7) is 4.46. The van der Waals surface area contributed by atoms with Crippen molar-refractivity contribution in [3.8, 4) is 6.07 Å². The fourth-order valence-corrected chi connectivity index (χ4v) is 2.59. The van der Waals surface area contributed by atoms with Gasteiger partial charge in [0.25, 0.3) is 0 Å². The highest BCUT2D eigenvalue weighted by molar-refractivity contribution is 5.48. The van der Waals surface area contributed by atoms with E-state index in [-0.39, 0.29) is 0 Å². The molecule has 0 saturated heterocycles. The Morgan fingerprint density at radius 3 is 2.93 bits per heavy atom. The van der Waals surface area contributed by atoms with Crippen molar-refractivity contribution >= 4 is 0 Å². The van der Waals surface area contributed by atoms with Gasteiger partial charge in [0.05, 0.1) is 11.6 Å². The molecule has 0 N–H and O–H groups in total. The Labute approximate surface area is 91.7 Å². The summed E-state index contributed by atoms with van der Waals surface area (Å²) in [5, 5.41) is 9.07. The predicted molar refractivity (Wildman–Crippen MR) is 61.7 cm³/mol. The van der Waals surface area contributed by atoms with Crippen molar-refractivity contribution in [1.82, 2.24) is 0 Å². The van der Waals surface area contributed by atoms with E-state index in [2.05, 4.69) is 26.0 Å². The zero-order valence-electron chi connectivity index (χ0n) is 9.51. The Hall–Kier alpha value is -1.29. The summed E-state index contributed by atoms with van der Waals surface area (Å²) in [4.78, 5) is 0. The van der Waals surface area contributed by atoms with E-state index in [9.17, 15) is 0 Å². The number of benzene rings is 1. The summed E-state index contributed by atoms with van der Waals surface area (Å²) in [6, 6.07) is 6.46. The topological polar surface area (TPSA) is 23.8 Å². The molecule has 0 saturated carbocycles. The molecule has 1 aromatic carbocycles. The van der Waals surface area contributed by atoms with Crippen molar-refractivity contribution in [3.63, 3.8) is 0 Å². The second-order valence-electron chi connectivity index (χ2n) is 4.54. The van der Waals surface area contributed by atoms with Crippen LogP contribution in [0.3, 0.4) is 0 Å². The summed E-state index contributed by atoms with van der Waals surface area (Å²) in [5.74, 6) is 0.775. The first kappa shape index (κ1) is 10.2. The average molecular weight is 199 g/mol. The van der Waals surface area contributed by atoms with Crippen LogP contribution in [-0.4, -0.2) is 0 Å². The molecule has 0 aliphatic heterocycles. The first-order chi connectivity index (χ1) is 7.26. The fraction of sp³-hybridized carbons (Fsp3) is 0.500. The van der Waals surface area contributed by atoms with Crippen LogP contribution in [0.15, 0.2) is 12.1 Å². The van der Waals surface area contributed by atoms with Crippen molar-refractivity contribution < 1.29 is 0 Å². The van der Waals surface area contributed by atoms with Crippen molar-refractivity contribution in [3.05, 3.63) is 34.4 Å². The van der Waals surface area contributed by atoms with Crippen molar-refractivity contribution in [2.75, 3.05) is 0 Å². The van der Waals surface area contributed by atoms with Gasteiger partial charge < -0.3 is 0 Å². The van der Waals surface area contributed by atoms with Gasteiger partial charge in [-0.25, -0.2) is 0 Å². The maximum atomic E-state index is 9.07. The van der Waals surface area contributed by atoms with E-state index in [1.807, 2.05) is 6.07 Å². The van der Waals surface area contributed by atoms with Gasteiger partial charge in [0, 0.05) is 0 Å². The van der Waals surface area contributed by atoms with Crippen LogP contribution in [0.1, 0.15) is 42.5 Å². The maximum Gasteiger partial charge on any atom is 0.0994 e. The molecule has 15 heavy (non-hydrogen) atoms. The second kappa shape index (κ2) is 4.06. The molecular weight excluding hydrogens is 182 g/mol. The maximum absolute atomic E-state index is 9.07. The lowest BCUT2D eigenvalue weighted by atomic mass is 9.80. The molecule has 0 heterocycles. The number of hydrogen-bond acceptors (Lipinski definition) is 1. The summed E-state index contributed by atoms with van der Waals surface area (Å²) in [7, 11) is 0. The monoisotopic (exact) mass is 199 g/mol. The zero-order valence-corrected chi connectivity index (χ0v) is 9.51. The molecule has 0 aromatic heterocycles. The van der Waals surface area contributed by atoms with Crippen molar-refractivity contribution in [2.45, 2.75) is 39.5 Å². The van der Waals surface area contributed by atoms with E-state index in [1.54, 1.807) is 0 Å². The van der Waals surface area contributed by atoms with Gasteiger partial charge in [-0.1, -0.05) is 19.9 Å². The second-order valence-corrected chi connectivity index (χ2v) is 4.54. The third-order valence-corrected chi connectivity index (χ3v) is 3.46. The largest absolute Gasteiger partial charge is 0.192 e. The van der Waals surface area contributed by atoms with Crippen LogP contribution >= 0.6 is 0 Å². The molecule has 0 radical (unpaired) electrons. The summed E-state index contributed by atoms with van der Waals surface area (Å²) >= 11 is 0. The molecular formula is C14H17N. The Morgan fingerprint density at radius 2 is 2.27 bits per heavy atom. The van der Waals surface area contributed by atoms with Gasteiger partial charge >= 0.3 is 0 Å². The van der Waals surface area contributed by atoms with Crippen LogP contribution in [0.4, 0.5) is 0 Å². The molecule has 0 amide bonds. The minimum Gasteiger partial charge on any atom is -0.192 e. The number of nitriles is 1. The van der Waals surface area contributed by atoms with Crippen LogP contribution in [0.25, 0.3) is 0 Å². The lowest BCUT2D eigenvalue weighted by Crippen LogP contribution is -2.14. The molecule has 1 aliphatic carbocycles. The van der Waals surface area contributed by atoms with Crippen molar-refractivity contribution in [2.24, 2.45) is 5.92 Å². The minimum absolute atomic E-state index is 0.775. The van der Waals surface area contributed by atoms with Crippen LogP contribution in [0.2, 0.25) is 0 Å². The molecule has 0 bridgehead atoms. The summed E-state index contributed by atoms with van der Waals surface area (Å²) in [6.07, 6.45) is 4.63. The highest BCUT2D eigenvalue weighted by Gasteiger charge is 2.19. The SMILES string of the molecule is CCc1c(C#N)ccc2c1CC(C)CC2. The van der Waals surface area contributed by atoms with E-state index >= 15 is 0 Å². The summed E-state index contributed by atoms with van der Waals surface area (Å²) < 4.78 is 0. The fourth-order valence-electron chi connectivity index (χ4n) is 2.59. The lowest BCUT2D eigenvalue weighted by Gasteiger charge is -2.24. The quantitative estimate of drug-likeness (QED) is 0.681. The van der Waals surface area contributed by atoms with Gasteiger partial charge in [0.2, 0.25) is 0 Å². The van der Waals surface area contributed by atoms with Gasteiger partial charge in [-0.05, 0) is 54.4 Å². The smallest absolute Gasteiger partial charge is 0.0994 e. The van der Waals surface area contributed by atoms with Gasteiger partial charge in [-0.2, -0.15) is 5.26 Å². The van der Waals surface area contributed by atoms with E-state index in [1.165, 1.54) is 29.5 Å². The molecule has 2 rings (SSSR count). The average Bonchev–Trinajstić information content (AvgIpc) is 2.27. The zero-order chi connectivity index (χ0) is 10.8. The van der Waals surface area contributed by atoms with E-state index in [4.69, 9.17) is 5.26 Å². The Balaban J connectivity index is 2.54. The first-order valence-electron chi connectivity index (χ1n) is 5.80. The molecule has 0 spiro atoms. The van der Waals surface area contributed by atoms with E-state index in [0.717, 1.165) is 24.3 Å². The molecule has 1 nitrogen and oxygen atoms in total. The lowest BCUT2D eigenvalue weighted by molar-refractivity contribution is 0.498. The Morgan fingerprint density at radius 1 is 1.47 bits per heavy atom. The van der Waals surface area contributed by atoms with Crippen LogP contribution in [0.5, 0.6) is 0 Å². The highest BCUT2D eigenvalue weighted by atomic mass is 14.3. The first-order valence-corrected chi connectivity index (χ1v) is 5.80. The molecule has 1 aliphatic rings. The van der Waals surface area contributed by atoms with Gasteiger partial charge in [0.1, 0.15) is 0 Å². The third-order valence-electron chi connectivity index (χ3n) is 3.46. The van der Waals surface area contributed by atoms with Gasteiger partial charge in [0.15, 0.2) is 0 Å². The van der Waals surface area contributed by atoms with Gasteiger partial charge in [-0.15, -0.1) is 0 Å². The Bertz CT molecular complexity index is 412. The van der Waals surface area contributed by atoms with Crippen LogP contribution in [-0.2, 0) is 19.3 Å². The summed E-state index contributed by atoms with van der Waals surface area (Å²) in [5.41, 5.74) is 5.12. The molecule has 1 atom stereocenters. The molecule has 1 unspecified atom stereocenters. The van der Waals surface area contributed by atoms with E-state index in [0.29, 0.717) is 0 Å². The number of hydrogen-bond donors (Lipinski definition) is 0. The van der Waals surface area contributed by atoms with E-state index < -0.39 is 0 Å². The van der Waals surface area contributed by atoms with Crippen molar-refractivity contribution in [1.29, 1.82) is 5.26 Å². The predicted octanol–water partition coefficient (Wildman–Crippen LogP) is 3.25. The molecule has 1 heteroatoms. The number of rotatable bonds is 1. The Kier molecular flexibility index (Phi) is 2.77. The standard InChI is InChI=1S/C14H17N/c1-3-13-12(9-15)7-6-11-5-4-10(2)8-14(11)13/h6-7,10H,3-5,8H2,1-2H3. The molecule has 0 fully saturated rings. The number of fused-ring (bicyclic) bond motifs is 1.